The van der Waals surface area contributed by atoms with Gasteiger partial charge < -0.3 is 4.98 Å². The Labute approximate surface area is 144 Å². The minimum absolute atomic E-state index is 0.0472. The van der Waals surface area contributed by atoms with Crippen LogP contribution in [0.5, 0.6) is 0 Å². The molecule has 0 aliphatic rings. The Hall–Kier alpha value is -2.71. The maximum Gasteiger partial charge on any atom is 0.293 e. The number of fused-ring (bicyclic) bond motifs is 1. The molecule has 0 aliphatic carbocycles. The molecular weight excluding hydrogens is 344 g/mol. The molecule has 3 aromatic rings. The lowest BCUT2D eigenvalue weighted by atomic mass is 10.1. The van der Waals surface area contributed by atoms with E-state index in [1.165, 1.54) is 6.07 Å². The Morgan fingerprint density at radius 2 is 1.88 bits per heavy atom. The van der Waals surface area contributed by atoms with Crippen molar-refractivity contribution in [1.82, 2.24) is 4.98 Å². The van der Waals surface area contributed by atoms with Gasteiger partial charge in [-0.3, -0.25) is 14.3 Å². The van der Waals surface area contributed by atoms with Gasteiger partial charge in [0.05, 0.1) is 17.8 Å². The second kappa shape index (κ2) is 6.66. The number of aromatic nitrogens is 1. The van der Waals surface area contributed by atoms with Crippen molar-refractivity contribution in [3.05, 3.63) is 64.2 Å². The minimum atomic E-state index is -3.54. The number of nitrogens with one attached hydrogen (secondary N) is 1. The third-order valence-corrected chi connectivity index (χ3v) is 4.33. The number of aromatic amines is 1. The van der Waals surface area contributed by atoms with Crippen molar-refractivity contribution in [3.63, 3.8) is 0 Å². The number of hydrogen-bond donors (Lipinski definition) is 1. The van der Waals surface area contributed by atoms with E-state index in [9.17, 15) is 18.5 Å². The fourth-order valence-corrected chi connectivity index (χ4v) is 3.04. The highest BCUT2D eigenvalue weighted by Gasteiger charge is 2.17. The molecule has 2 aromatic carbocycles. The average Bonchev–Trinajstić information content (AvgIpc) is 2.97. The van der Waals surface area contributed by atoms with Gasteiger partial charge in [0.2, 0.25) is 0 Å². The molecule has 0 bridgehead atoms. The maximum atomic E-state index is 11.4. The zero-order valence-corrected chi connectivity index (χ0v) is 14.2. The van der Waals surface area contributed by atoms with Crippen molar-refractivity contribution >= 4 is 26.7 Å². The molecule has 1 heterocycles. The summed E-state index contributed by atoms with van der Waals surface area (Å²) in [5.41, 5.74) is 2.74. The molecule has 25 heavy (non-hydrogen) atoms. The quantitative estimate of drug-likeness (QED) is 0.413. The Morgan fingerprint density at radius 3 is 2.52 bits per heavy atom. The van der Waals surface area contributed by atoms with Crippen LogP contribution in [0.3, 0.4) is 0 Å². The van der Waals surface area contributed by atoms with Gasteiger partial charge in [-0.15, -0.1) is 0 Å². The fourth-order valence-electron chi connectivity index (χ4n) is 2.66. The molecule has 0 aliphatic heterocycles. The summed E-state index contributed by atoms with van der Waals surface area (Å²) in [6.07, 6.45) is 1.23. The average molecular weight is 360 g/mol. The second-order valence-electron chi connectivity index (χ2n) is 5.66. The third kappa shape index (κ3) is 4.04. The molecule has 0 atom stereocenters. The Bertz CT molecular complexity index is 1030. The smallest absolute Gasteiger partial charge is 0.293 e. The molecule has 0 unspecified atom stereocenters. The summed E-state index contributed by atoms with van der Waals surface area (Å²) in [6.45, 7) is -0.0581. The van der Waals surface area contributed by atoms with E-state index in [0.29, 0.717) is 16.5 Å². The second-order valence-corrected chi connectivity index (χ2v) is 7.31. The molecule has 3 rings (SSSR count). The van der Waals surface area contributed by atoms with Crippen LogP contribution >= 0.6 is 0 Å². The summed E-state index contributed by atoms with van der Waals surface area (Å²) < 4.78 is 26.8. The van der Waals surface area contributed by atoms with Gasteiger partial charge in [0.25, 0.3) is 15.8 Å². The topological polar surface area (TPSA) is 102 Å². The highest BCUT2D eigenvalue weighted by Crippen LogP contribution is 2.31. The minimum Gasteiger partial charge on any atom is -0.349 e. The first-order chi connectivity index (χ1) is 11.8. The van der Waals surface area contributed by atoms with E-state index in [0.717, 1.165) is 17.5 Å². The van der Waals surface area contributed by atoms with Gasteiger partial charge >= 0.3 is 0 Å². The van der Waals surface area contributed by atoms with Crippen LogP contribution in [-0.4, -0.2) is 31.2 Å². The van der Waals surface area contributed by atoms with Crippen LogP contribution in [0.1, 0.15) is 5.56 Å². The van der Waals surface area contributed by atoms with Gasteiger partial charge in [0.15, 0.2) is 0 Å². The predicted molar refractivity (Wildman–Crippen MR) is 94.9 cm³/mol. The number of non-ortho nitro benzene ring substituents is 1. The number of nitro benzene ring substituents is 1. The number of nitrogens with zero attached hydrogens (tertiary/aromatic N) is 1. The number of rotatable bonds is 6. The van der Waals surface area contributed by atoms with Crippen molar-refractivity contribution < 1.29 is 17.5 Å². The summed E-state index contributed by atoms with van der Waals surface area (Å²) in [6, 6.07) is 14.6. The van der Waals surface area contributed by atoms with Crippen molar-refractivity contribution in [3.8, 4) is 11.3 Å². The SMILES string of the molecule is CS(=O)(=O)OCCc1cc([N+](=O)[O-])c2[nH]c(-c3ccccc3)cc2c1. The van der Waals surface area contributed by atoms with E-state index < -0.39 is 15.0 Å². The number of nitro groups is 1. The van der Waals surface area contributed by atoms with Crippen molar-refractivity contribution in [2.45, 2.75) is 6.42 Å². The zero-order valence-electron chi connectivity index (χ0n) is 13.4. The number of H-pyrrole nitrogens is 1. The molecule has 7 nitrogen and oxygen atoms in total. The van der Waals surface area contributed by atoms with Crippen LogP contribution in [0, 0.1) is 10.1 Å². The summed E-state index contributed by atoms with van der Waals surface area (Å²) in [7, 11) is -3.54. The molecule has 130 valence electrons. The van der Waals surface area contributed by atoms with Crippen LogP contribution in [0.4, 0.5) is 5.69 Å². The van der Waals surface area contributed by atoms with Crippen LogP contribution in [0.15, 0.2) is 48.5 Å². The standard InChI is InChI=1S/C17H16N2O5S/c1-25(22,23)24-8-7-12-9-14-11-15(13-5-3-2-4-6-13)18-17(14)16(10-12)19(20)21/h2-6,9-11,18H,7-8H2,1H3. The van der Waals surface area contributed by atoms with E-state index in [1.54, 1.807) is 6.07 Å². The molecule has 0 amide bonds. The van der Waals surface area contributed by atoms with Gasteiger partial charge in [0, 0.05) is 17.1 Å². The predicted octanol–water partition coefficient (Wildman–Crippen LogP) is 3.26. The van der Waals surface area contributed by atoms with E-state index in [2.05, 4.69) is 4.98 Å². The van der Waals surface area contributed by atoms with E-state index in [-0.39, 0.29) is 18.7 Å². The van der Waals surface area contributed by atoms with Crippen LogP contribution in [0.2, 0.25) is 0 Å². The largest absolute Gasteiger partial charge is 0.349 e. The molecule has 1 aromatic heterocycles. The Balaban J connectivity index is 2.00. The lowest BCUT2D eigenvalue weighted by Gasteiger charge is -2.03. The Kier molecular flexibility index (Phi) is 4.56. The molecule has 8 heteroatoms. The van der Waals surface area contributed by atoms with Crippen molar-refractivity contribution in [2.75, 3.05) is 12.9 Å². The first-order valence-corrected chi connectivity index (χ1v) is 9.35. The molecule has 0 saturated carbocycles. The summed E-state index contributed by atoms with van der Waals surface area (Å²) in [5, 5.41) is 12.1. The fraction of sp³-hybridized carbons (Fsp3) is 0.176. The van der Waals surface area contributed by atoms with Crippen LogP contribution in [0.25, 0.3) is 22.2 Å². The van der Waals surface area contributed by atoms with E-state index in [4.69, 9.17) is 4.18 Å². The number of hydrogen-bond acceptors (Lipinski definition) is 5. The lowest BCUT2D eigenvalue weighted by molar-refractivity contribution is -0.383. The van der Waals surface area contributed by atoms with Crippen LogP contribution in [-0.2, 0) is 20.7 Å². The monoisotopic (exact) mass is 360 g/mol. The molecule has 0 fully saturated rings. The first kappa shape index (κ1) is 17.1. The first-order valence-electron chi connectivity index (χ1n) is 7.53. The van der Waals surface area contributed by atoms with Crippen LogP contribution < -0.4 is 0 Å². The molecule has 0 saturated heterocycles. The van der Waals surface area contributed by atoms with Gasteiger partial charge in [-0.25, -0.2) is 0 Å². The van der Waals surface area contributed by atoms with Gasteiger partial charge in [-0.05, 0) is 29.7 Å². The highest BCUT2D eigenvalue weighted by molar-refractivity contribution is 7.85. The lowest BCUT2D eigenvalue weighted by Crippen LogP contribution is -2.06. The third-order valence-electron chi connectivity index (χ3n) is 3.74. The normalized spacial score (nSPS) is 11.7. The molecule has 1 N–H and O–H groups in total. The summed E-state index contributed by atoms with van der Waals surface area (Å²) >= 11 is 0. The highest BCUT2D eigenvalue weighted by atomic mass is 32.2. The van der Waals surface area contributed by atoms with E-state index in [1.807, 2.05) is 36.4 Å². The summed E-state index contributed by atoms with van der Waals surface area (Å²) in [5.74, 6) is 0. The zero-order chi connectivity index (χ0) is 18.0. The van der Waals surface area contributed by atoms with Gasteiger partial charge in [0.1, 0.15) is 5.52 Å². The molecule has 0 spiro atoms. The van der Waals surface area contributed by atoms with Gasteiger partial charge in [-0.1, -0.05) is 30.3 Å². The number of benzene rings is 2. The maximum absolute atomic E-state index is 11.4. The van der Waals surface area contributed by atoms with Crippen molar-refractivity contribution in [1.29, 1.82) is 0 Å². The van der Waals surface area contributed by atoms with E-state index >= 15 is 0 Å². The molecule has 0 radical (unpaired) electrons. The Morgan fingerprint density at radius 1 is 1.16 bits per heavy atom. The summed E-state index contributed by atoms with van der Waals surface area (Å²) in [4.78, 5) is 14.1. The van der Waals surface area contributed by atoms with Crippen molar-refractivity contribution in [2.24, 2.45) is 0 Å². The van der Waals surface area contributed by atoms with Gasteiger partial charge in [-0.2, -0.15) is 8.42 Å². The molecular formula is C17H16N2O5S.